The zero-order valence-corrected chi connectivity index (χ0v) is 22.3. The Labute approximate surface area is 235 Å². The summed E-state index contributed by atoms with van der Waals surface area (Å²) >= 11 is 0. The van der Waals surface area contributed by atoms with Crippen molar-refractivity contribution in [3.05, 3.63) is 126 Å². The molecule has 0 aromatic heterocycles. The summed E-state index contributed by atoms with van der Waals surface area (Å²) in [4.78, 5) is 15.6. The van der Waals surface area contributed by atoms with Crippen LogP contribution in [0.3, 0.4) is 0 Å². The van der Waals surface area contributed by atoms with E-state index >= 15 is 0 Å². The van der Waals surface area contributed by atoms with Gasteiger partial charge in [-0.1, -0.05) is 91.0 Å². The van der Waals surface area contributed by atoms with E-state index in [4.69, 9.17) is 10.8 Å². The second-order valence-electron chi connectivity index (χ2n) is 9.12. The van der Waals surface area contributed by atoms with Crippen molar-refractivity contribution in [2.75, 3.05) is 18.0 Å². The van der Waals surface area contributed by atoms with E-state index in [9.17, 15) is 9.90 Å². The zero-order valence-electron chi connectivity index (χ0n) is 21.5. The topological polar surface area (TPSA) is 82.2 Å². The third-order valence-corrected chi connectivity index (χ3v) is 6.45. The SMILES string of the molecule is Cl.NCCCN1N=C(/C=C/c2ccc(O)cc2)c2ccccc2N(Cc2ccc(-c3ccccc3)cc2)C1=O. The molecule has 1 aliphatic rings. The van der Waals surface area contributed by atoms with Crippen LogP contribution in [-0.4, -0.2) is 34.9 Å². The van der Waals surface area contributed by atoms with Crippen LogP contribution in [0, 0.1) is 0 Å². The summed E-state index contributed by atoms with van der Waals surface area (Å²) in [5.74, 6) is 0.213. The lowest BCUT2D eigenvalue weighted by Crippen LogP contribution is -2.40. The molecular formula is C32H31ClN4O2. The van der Waals surface area contributed by atoms with E-state index in [1.54, 1.807) is 17.0 Å². The third-order valence-electron chi connectivity index (χ3n) is 6.45. The minimum atomic E-state index is -0.189. The molecule has 0 radical (unpaired) electrons. The van der Waals surface area contributed by atoms with Gasteiger partial charge in [-0.2, -0.15) is 5.10 Å². The summed E-state index contributed by atoms with van der Waals surface area (Å²) in [6.07, 6.45) is 4.48. The number of phenolic OH excluding ortho intramolecular Hbond substituents is 1. The first-order valence-corrected chi connectivity index (χ1v) is 12.7. The smallest absolute Gasteiger partial charge is 0.345 e. The number of fused-ring (bicyclic) bond motifs is 1. The fraction of sp³-hybridized carbons (Fsp3) is 0.125. The summed E-state index contributed by atoms with van der Waals surface area (Å²) in [6, 6.07) is 33.2. The molecule has 7 heteroatoms. The number of hydrogen-bond acceptors (Lipinski definition) is 4. The maximum atomic E-state index is 13.8. The van der Waals surface area contributed by atoms with Crippen molar-refractivity contribution in [1.82, 2.24) is 5.01 Å². The maximum Gasteiger partial charge on any atom is 0.345 e. The van der Waals surface area contributed by atoms with Crippen molar-refractivity contribution in [3.63, 3.8) is 0 Å². The van der Waals surface area contributed by atoms with Crippen LogP contribution >= 0.6 is 12.4 Å². The van der Waals surface area contributed by atoms with Gasteiger partial charge in [0.1, 0.15) is 5.75 Å². The zero-order chi connectivity index (χ0) is 26.3. The molecule has 0 spiro atoms. The van der Waals surface area contributed by atoms with Crippen LogP contribution < -0.4 is 10.6 Å². The van der Waals surface area contributed by atoms with E-state index in [1.807, 2.05) is 66.7 Å². The molecule has 4 aromatic rings. The van der Waals surface area contributed by atoms with Crippen LogP contribution in [0.5, 0.6) is 5.75 Å². The van der Waals surface area contributed by atoms with Gasteiger partial charge in [-0.3, -0.25) is 4.90 Å². The maximum absolute atomic E-state index is 13.8. The number of benzene rings is 4. The number of halogens is 1. The lowest BCUT2D eigenvalue weighted by atomic mass is 10.0. The fourth-order valence-corrected chi connectivity index (χ4v) is 4.43. The van der Waals surface area contributed by atoms with Gasteiger partial charge in [-0.15, -0.1) is 12.4 Å². The number of amides is 2. The molecule has 0 atom stereocenters. The number of phenols is 1. The van der Waals surface area contributed by atoms with Crippen LogP contribution in [-0.2, 0) is 6.54 Å². The van der Waals surface area contributed by atoms with E-state index in [2.05, 4.69) is 36.4 Å². The minimum Gasteiger partial charge on any atom is -0.508 e. The van der Waals surface area contributed by atoms with Crippen molar-refractivity contribution >= 4 is 35.9 Å². The average Bonchev–Trinajstić information content (AvgIpc) is 3.07. The molecule has 1 heterocycles. The van der Waals surface area contributed by atoms with E-state index in [1.165, 1.54) is 5.01 Å². The average molecular weight is 539 g/mol. The Bertz CT molecular complexity index is 1450. The van der Waals surface area contributed by atoms with Gasteiger partial charge in [-0.05, 0) is 59.5 Å². The van der Waals surface area contributed by atoms with Crippen LogP contribution in [0.2, 0.25) is 0 Å². The highest BCUT2D eigenvalue weighted by Crippen LogP contribution is 2.29. The van der Waals surface area contributed by atoms with Gasteiger partial charge in [0.05, 0.1) is 17.9 Å². The van der Waals surface area contributed by atoms with Crippen molar-refractivity contribution in [2.45, 2.75) is 13.0 Å². The molecular weight excluding hydrogens is 508 g/mol. The number of nitrogens with two attached hydrogens (primary N) is 1. The Morgan fingerprint density at radius 3 is 2.18 bits per heavy atom. The van der Waals surface area contributed by atoms with Gasteiger partial charge in [-0.25, -0.2) is 9.80 Å². The molecule has 39 heavy (non-hydrogen) atoms. The van der Waals surface area contributed by atoms with E-state index < -0.39 is 0 Å². The number of hydrogen-bond donors (Lipinski definition) is 2. The number of aromatic hydroxyl groups is 1. The molecule has 3 N–H and O–H groups in total. The van der Waals surface area contributed by atoms with E-state index in [-0.39, 0.29) is 24.2 Å². The first-order chi connectivity index (χ1) is 18.6. The van der Waals surface area contributed by atoms with E-state index in [0.29, 0.717) is 31.8 Å². The molecule has 198 valence electrons. The molecule has 0 fully saturated rings. The Balaban J connectivity index is 0.00000353. The molecule has 1 aliphatic heterocycles. The first-order valence-electron chi connectivity index (χ1n) is 12.7. The minimum absolute atomic E-state index is 0. The molecule has 2 amide bonds. The quantitative estimate of drug-likeness (QED) is 0.262. The molecule has 0 aliphatic carbocycles. The van der Waals surface area contributed by atoms with Gasteiger partial charge in [0.25, 0.3) is 0 Å². The largest absolute Gasteiger partial charge is 0.508 e. The fourth-order valence-electron chi connectivity index (χ4n) is 4.43. The van der Waals surface area contributed by atoms with Crippen LogP contribution in [0.25, 0.3) is 17.2 Å². The highest BCUT2D eigenvalue weighted by Gasteiger charge is 2.29. The molecule has 4 aromatic carbocycles. The summed E-state index contributed by atoms with van der Waals surface area (Å²) in [5, 5.41) is 15.9. The first kappa shape index (κ1) is 27.6. The van der Waals surface area contributed by atoms with Gasteiger partial charge in [0.2, 0.25) is 0 Å². The van der Waals surface area contributed by atoms with Crippen LogP contribution in [0.1, 0.15) is 23.1 Å². The number of rotatable bonds is 8. The summed E-state index contributed by atoms with van der Waals surface area (Å²) in [5.41, 5.74) is 12.4. The summed E-state index contributed by atoms with van der Waals surface area (Å²) in [7, 11) is 0. The third kappa shape index (κ3) is 6.55. The lowest BCUT2D eigenvalue weighted by molar-refractivity contribution is 0.206. The van der Waals surface area contributed by atoms with Gasteiger partial charge >= 0.3 is 6.03 Å². The molecule has 0 bridgehead atoms. The molecule has 0 unspecified atom stereocenters. The predicted octanol–water partition coefficient (Wildman–Crippen LogP) is 6.69. The number of carbonyl (C=O) groups excluding carboxylic acids is 1. The van der Waals surface area contributed by atoms with Crippen LogP contribution in [0.15, 0.2) is 114 Å². The highest BCUT2D eigenvalue weighted by molar-refractivity contribution is 6.17. The number of nitrogens with zero attached hydrogens (tertiary/aromatic N) is 3. The Morgan fingerprint density at radius 2 is 1.46 bits per heavy atom. The monoisotopic (exact) mass is 538 g/mol. The Kier molecular flexibility index (Phi) is 9.15. The predicted molar refractivity (Wildman–Crippen MR) is 161 cm³/mol. The second kappa shape index (κ2) is 12.9. The molecule has 0 saturated carbocycles. The number of carbonyl (C=O) groups is 1. The summed E-state index contributed by atoms with van der Waals surface area (Å²) in [6.45, 7) is 1.30. The Morgan fingerprint density at radius 1 is 0.795 bits per heavy atom. The normalized spacial score (nSPS) is 13.1. The molecule has 6 nitrogen and oxygen atoms in total. The number of para-hydroxylation sites is 1. The van der Waals surface area contributed by atoms with Gasteiger partial charge < -0.3 is 10.8 Å². The van der Waals surface area contributed by atoms with Crippen molar-refractivity contribution < 1.29 is 9.90 Å². The van der Waals surface area contributed by atoms with Gasteiger partial charge in [0.15, 0.2) is 0 Å². The Hall–Kier alpha value is -4.39. The van der Waals surface area contributed by atoms with Crippen LogP contribution in [0.4, 0.5) is 10.5 Å². The standard InChI is InChI=1S/C32H30N4O2.ClH/c33-21-6-22-36-32(38)35(23-25-11-16-27(17-12-25)26-7-2-1-3-8-26)31-10-5-4-9-29(31)30(34-36)20-15-24-13-18-28(37)19-14-24;/h1-5,7-20,37H,6,21-23,33H2;1H/b20-15+;. The summed E-state index contributed by atoms with van der Waals surface area (Å²) < 4.78 is 0. The number of allylic oxidation sites excluding steroid dienone is 1. The van der Waals surface area contributed by atoms with Gasteiger partial charge in [0, 0.05) is 12.1 Å². The molecule has 5 rings (SSSR count). The van der Waals surface area contributed by atoms with Crippen molar-refractivity contribution in [2.24, 2.45) is 10.8 Å². The highest BCUT2D eigenvalue weighted by atomic mass is 35.5. The number of anilines is 1. The number of urea groups is 1. The second-order valence-corrected chi connectivity index (χ2v) is 9.12. The van der Waals surface area contributed by atoms with Crippen molar-refractivity contribution in [3.8, 4) is 16.9 Å². The lowest BCUT2D eigenvalue weighted by Gasteiger charge is -2.26. The molecule has 0 saturated heterocycles. The van der Waals surface area contributed by atoms with E-state index in [0.717, 1.165) is 33.5 Å². The van der Waals surface area contributed by atoms with Crippen molar-refractivity contribution in [1.29, 1.82) is 0 Å². The number of hydrazone groups is 1.